The Labute approximate surface area is 133 Å². The lowest BCUT2D eigenvalue weighted by atomic mass is 10.2. The fourth-order valence-electron chi connectivity index (χ4n) is 1.33. The Hall–Kier alpha value is -1.19. The molecule has 0 aliphatic carbocycles. The van der Waals surface area contributed by atoms with Crippen LogP contribution in [-0.2, 0) is 13.8 Å². The largest absolute Gasteiger partial charge is 0.462 e. The number of nitro benzene ring substituents is 1. The van der Waals surface area contributed by atoms with E-state index in [4.69, 9.17) is 15.4 Å². The van der Waals surface area contributed by atoms with E-state index in [1.165, 1.54) is 0 Å². The average Bonchev–Trinajstić information content (AvgIpc) is 2.34. The maximum absolute atomic E-state index is 11.9. The van der Waals surface area contributed by atoms with Crippen molar-refractivity contribution < 1.29 is 22.9 Å². The number of halogens is 2. The Morgan fingerprint density at radius 2 is 2.05 bits per heavy atom. The maximum atomic E-state index is 11.9. The number of nitro groups is 1. The second-order valence-electron chi connectivity index (χ2n) is 4.49. The fraction of sp³-hybridized carbons (Fsp3) is 0.364. The highest BCUT2D eigenvalue weighted by atomic mass is 79.9. The molecule has 0 unspecified atom stereocenters. The van der Waals surface area contributed by atoms with Crippen molar-refractivity contribution in [3.63, 3.8) is 0 Å². The van der Waals surface area contributed by atoms with Crippen molar-refractivity contribution in [1.82, 2.24) is 0 Å². The number of rotatable bonds is 5. The molecule has 116 valence electrons. The maximum Gasteiger partial charge on any atom is 0.339 e. The van der Waals surface area contributed by atoms with Gasteiger partial charge in [0, 0.05) is 22.8 Å². The standard InChI is InChI=1S/C11H11BrClNO6S/c1-6(2)5-20-11(15)8-3-7(14(16)17)4-9(10(8)12)21(13,18)19/h3-4,6H,5H2,1-2H3. The van der Waals surface area contributed by atoms with Gasteiger partial charge in [0.15, 0.2) is 0 Å². The Bertz CT molecular complexity index is 688. The number of ether oxygens (including phenoxy) is 1. The molecule has 1 aromatic carbocycles. The highest BCUT2D eigenvalue weighted by molar-refractivity contribution is 9.10. The van der Waals surface area contributed by atoms with Gasteiger partial charge in [-0.2, -0.15) is 0 Å². The molecule has 0 N–H and O–H groups in total. The molecule has 0 atom stereocenters. The van der Waals surface area contributed by atoms with Crippen LogP contribution in [0.15, 0.2) is 21.5 Å². The van der Waals surface area contributed by atoms with Crippen LogP contribution >= 0.6 is 26.6 Å². The normalized spacial score (nSPS) is 11.5. The summed E-state index contributed by atoms with van der Waals surface area (Å²) in [6, 6.07) is 1.70. The number of benzene rings is 1. The number of esters is 1. The van der Waals surface area contributed by atoms with Gasteiger partial charge in [-0.25, -0.2) is 13.2 Å². The molecule has 0 aromatic heterocycles. The van der Waals surface area contributed by atoms with E-state index in [-0.39, 0.29) is 22.6 Å². The third kappa shape index (κ3) is 4.65. The number of nitrogens with zero attached hydrogens (tertiary/aromatic N) is 1. The van der Waals surface area contributed by atoms with Gasteiger partial charge in [-0.05, 0) is 21.8 Å². The second kappa shape index (κ2) is 6.71. The molecule has 0 aliphatic rings. The van der Waals surface area contributed by atoms with Crippen LogP contribution in [0.2, 0.25) is 0 Å². The van der Waals surface area contributed by atoms with E-state index in [9.17, 15) is 23.3 Å². The summed E-state index contributed by atoms with van der Waals surface area (Å²) < 4.78 is 27.6. The summed E-state index contributed by atoms with van der Waals surface area (Å²) in [4.78, 5) is 21.4. The van der Waals surface area contributed by atoms with Crippen LogP contribution in [0, 0.1) is 16.0 Å². The Morgan fingerprint density at radius 3 is 2.48 bits per heavy atom. The lowest BCUT2D eigenvalue weighted by Crippen LogP contribution is -2.12. The van der Waals surface area contributed by atoms with Gasteiger partial charge in [-0.3, -0.25) is 10.1 Å². The first-order chi connectivity index (χ1) is 9.54. The molecule has 0 saturated heterocycles. The second-order valence-corrected chi connectivity index (χ2v) is 7.82. The first-order valence-electron chi connectivity index (χ1n) is 5.63. The highest BCUT2D eigenvalue weighted by Crippen LogP contribution is 2.33. The van der Waals surface area contributed by atoms with Crippen LogP contribution in [0.1, 0.15) is 24.2 Å². The minimum atomic E-state index is -4.26. The Balaban J connectivity index is 3.41. The molecule has 0 bridgehead atoms. The van der Waals surface area contributed by atoms with E-state index in [0.717, 1.165) is 12.1 Å². The summed E-state index contributed by atoms with van der Waals surface area (Å²) in [6.45, 7) is 3.71. The molecular weight excluding hydrogens is 390 g/mol. The molecule has 0 spiro atoms. The average molecular weight is 401 g/mol. The van der Waals surface area contributed by atoms with Crippen molar-refractivity contribution in [1.29, 1.82) is 0 Å². The first kappa shape index (κ1) is 17.9. The van der Waals surface area contributed by atoms with E-state index >= 15 is 0 Å². The van der Waals surface area contributed by atoms with Gasteiger partial charge >= 0.3 is 5.97 Å². The summed E-state index contributed by atoms with van der Waals surface area (Å²) in [5, 5.41) is 10.8. The van der Waals surface area contributed by atoms with Crippen molar-refractivity contribution in [2.45, 2.75) is 18.7 Å². The van der Waals surface area contributed by atoms with Gasteiger partial charge < -0.3 is 4.74 Å². The molecule has 0 amide bonds. The highest BCUT2D eigenvalue weighted by Gasteiger charge is 2.26. The summed E-state index contributed by atoms with van der Waals surface area (Å²) in [5.41, 5.74) is -0.849. The van der Waals surface area contributed by atoms with Crippen LogP contribution in [0.4, 0.5) is 5.69 Å². The van der Waals surface area contributed by atoms with Gasteiger partial charge in [-0.15, -0.1) is 0 Å². The van der Waals surface area contributed by atoms with Crippen molar-refractivity contribution in [2.75, 3.05) is 6.61 Å². The van der Waals surface area contributed by atoms with Crippen LogP contribution in [0.25, 0.3) is 0 Å². The van der Waals surface area contributed by atoms with Crippen LogP contribution < -0.4 is 0 Å². The quantitative estimate of drug-likeness (QED) is 0.325. The zero-order chi connectivity index (χ0) is 16.4. The lowest BCUT2D eigenvalue weighted by Gasteiger charge is -2.10. The Kier molecular flexibility index (Phi) is 5.71. The number of hydrogen-bond acceptors (Lipinski definition) is 6. The predicted molar refractivity (Wildman–Crippen MR) is 79.0 cm³/mol. The van der Waals surface area contributed by atoms with Crippen molar-refractivity contribution in [2.24, 2.45) is 5.92 Å². The van der Waals surface area contributed by atoms with Gasteiger partial charge in [0.1, 0.15) is 4.90 Å². The number of hydrogen-bond donors (Lipinski definition) is 0. The van der Waals surface area contributed by atoms with E-state index in [1.54, 1.807) is 0 Å². The molecule has 0 saturated carbocycles. The minimum absolute atomic E-state index is 0.0580. The summed E-state index contributed by atoms with van der Waals surface area (Å²) >= 11 is 2.92. The zero-order valence-electron chi connectivity index (χ0n) is 11.0. The molecule has 10 heteroatoms. The number of carbonyl (C=O) groups is 1. The Morgan fingerprint density at radius 1 is 1.48 bits per heavy atom. The molecule has 0 radical (unpaired) electrons. The molecule has 0 aliphatic heterocycles. The van der Waals surface area contributed by atoms with E-state index in [2.05, 4.69) is 15.9 Å². The summed E-state index contributed by atoms with van der Waals surface area (Å²) in [7, 11) is 0.948. The molecule has 7 nitrogen and oxygen atoms in total. The molecule has 0 heterocycles. The summed E-state index contributed by atoms with van der Waals surface area (Å²) in [5.74, 6) is -0.816. The molecule has 1 rings (SSSR count). The van der Waals surface area contributed by atoms with Crippen molar-refractivity contribution in [3.05, 3.63) is 32.3 Å². The first-order valence-corrected chi connectivity index (χ1v) is 8.74. The molecule has 21 heavy (non-hydrogen) atoms. The van der Waals surface area contributed by atoms with Gasteiger partial charge in [0.05, 0.1) is 21.6 Å². The molecule has 0 fully saturated rings. The third-order valence-electron chi connectivity index (χ3n) is 2.27. The topological polar surface area (TPSA) is 104 Å². The van der Waals surface area contributed by atoms with E-state index in [1.807, 2.05) is 13.8 Å². The van der Waals surface area contributed by atoms with E-state index in [0.29, 0.717) is 0 Å². The van der Waals surface area contributed by atoms with Crippen LogP contribution in [0.5, 0.6) is 0 Å². The van der Waals surface area contributed by atoms with Crippen LogP contribution in [0.3, 0.4) is 0 Å². The van der Waals surface area contributed by atoms with Gasteiger partial charge in [-0.1, -0.05) is 13.8 Å². The van der Waals surface area contributed by atoms with E-state index < -0.39 is 30.5 Å². The minimum Gasteiger partial charge on any atom is -0.462 e. The van der Waals surface area contributed by atoms with Crippen LogP contribution in [-0.4, -0.2) is 25.9 Å². The monoisotopic (exact) mass is 399 g/mol. The van der Waals surface area contributed by atoms with Crippen molar-refractivity contribution in [3.8, 4) is 0 Å². The molecule has 1 aromatic rings. The number of non-ortho nitro benzene ring substituents is 1. The lowest BCUT2D eigenvalue weighted by molar-refractivity contribution is -0.385. The van der Waals surface area contributed by atoms with Crippen molar-refractivity contribution >= 4 is 47.3 Å². The van der Waals surface area contributed by atoms with Gasteiger partial charge in [0.2, 0.25) is 0 Å². The SMILES string of the molecule is CC(C)COC(=O)c1cc([N+](=O)[O-])cc(S(=O)(=O)Cl)c1Br. The predicted octanol–water partition coefficient (Wildman–Crippen LogP) is 3.10. The fourth-order valence-corrected chi connectivity index (χ4v) is 3.60. The molecular formula is C11H11BrClNO6S. The summed E-state index contributed by atoms with van der Waals surface area (Å²) in [6.07, 6.45) is 0. The third-order valence-corrected chi connectivity index (χ3v) is 4.73. The number of carbonyl (C=O) groups excluding carboxylic acids is 1. The van der Waals surface area contributed by atoms with Gasteiger partial charge in [0.25, 0.3) is 14.7 Å². The smallest absolute Gasteiger partial charge is 0.339 e. The zero-order valence-corrected chi connectivity index (χ0v) is 14.2.